The van der Waals surface area contributed by atoms with Gasteiger partial charge in [0.1, 0.15) is 6.04 Å². The molecule has 0 saturated carbocycles. The van der Waals surface area contributed by atoms with Crippen molar-refractivity contribution >= 4 is 28.7 Å². The number of aromatic amines is 1. The van der Waals surface area contributed by atoms with Gasteiger partial charge in [-0.2, -0.15) is 0 Å². The van der Waals surface area contributed by atoms with Crippen LogP contribution < -0.4 is 0 Å². The fourth-order valence-electron chi connectivity index (χ4n) is 3.51. The Labute approximate surface area is 138 Å². The van der Waals surface area contributed by atoms with Crippen LogP contribution in [0.3, 0.4) is 0 Å². The molecule has 1 aromatic heterocycles. The topological polar surface area (TPSA) is 76.7 Å². The fourth-order valence-corrected chi connectivity index (χ4v) is 3.51. The number of hydrogen-bond acceptors (Lipinski definition) is 3. The van der Waals surface area contributed by atoms with Crippen molar-refractivity contribution in [1.82, 2.24) is 19.7 Å². The number of para-hydroxylation sites is 1. The number of likely N-dealkylation sites (N-methyl/N-ethyl adjacent to an activating group) is 1. The van der Waals surface area contributed by atoms with Crippen LogP contribution in [-0.4, -0.2) is 70.3 Å². The van der Waals surface area contributed by atoms with Crippen molar-refractivity contribution in [2.45, 2.75) is 12.5 Å². The lowest BCUT2D eigenvalue weighted by molar-refractivity contribution is -0.135. The second-order valence-corrected chi connectivity index (χ2v) is 6.27. The number of carbonyl (C=O) groups is 3. The molecule has 1 atom stereocenters. The third kappa shape index (κ3) is 2.16. The Morgan fingerprint density at radius 1 is 1.25 bits per heavy atom. The Bertz CT molecular complexity index is 843. The molecule has 1 N–H and O–H groups in total. The molecule has 1 unspecified atom stereocenters. The van der Waals surface area contributed by atoms with Crippen LogP contribution in [0.15, 0.2) is 30.5 Å². The number of aromatic nitrogens is 1. The van der Waals surface area contributed by atoms with E-state index >= 15 is 0 Å². The Hall–Kier alpha value is -2.83. The molecule has 0 spiro atoms. The number of nitrogens with zero attached hydrogens (tertiary/aromatic N) is 3. The first-order valence-electron chi connectivity index (χ1n) is 7.97. The molecule has 2 saturated heterocycles. The second-order valence-electron chi connectivity index (χ2n) is 6.27. The number of benzene rings is 1. The number of fused-ring (bicyclic) bond motifs is 2. The Morgan fingerprint density at radius 2 is 2.04 bits per heavy atom. The van der Waals surface area contributed by atoms with E-state index < -0.39 is 6.04 Å². The van der Waals surface area contributed by atoms with Gasteiger partial charge in [0.2, 0.25) is 5.91 Å². The van der Waals surface area contributed by atoms with Crippen LogP contribution in [0.25, 0.3) is 10.9 Å². The fraction of sp³-hybridized carbons (Fsp3) is 0.353. The summed E-state index contributed by atoms with van der Waals surface area (Å²) in [5.41, 5.74) is 1.95. The van der Waals surface area contributed by atoms with Gasteiger partial charge in [0.05, 0.1) is 13.0 Å². The van der Waals surface area contributed by atoms with E-state index in [0.29, 0.717) is 13.1 Å². The predicted octanol–water partition coefficient (Wildman–Crippen LogP) is 0.815. The summed E-state index contributed by atoms with van der Waals surface area (Å²) in [6.07, 6.45) is 2.14. The molecule has 124 valence electrons. The smallest absolute Gasteiger partial charge is 0.327 e. The van der Waals surface area contributed by atoms with Gasteiger partial charge in [-0.3, -0.25) is 14.5 Å². The van der Waals surface area contributed by atoms with Gasteiger partial charge in [-0.25, -0.2) is 4.79 Å². The maximum Gasteiger partial charge on any atom is 0.327 e. The summed E-state index contributed by atoms with van der Waals surface area (Å²) >= 11 is 0. The Balaban J connectivity index is 1.50. The molecule has 0 bridgehead atoms. The SMILES string of the molecule is CN1C(=O)C2CN(C(=O)Cc3c[nH]c4ccccc34)CCN2C1=O. The van der Waals surface area contributed by atoms with Crippen LogP contribution in [0.5, 0.6) is 0 Å². The number of rotatable bonds is 2. The quantitative estimate of drug-likeness (QED) is 0.830. The minimum atomic E-state index is -0.539. The monoisotopic (exact) mass is 326 g/mol. The zero-order valence-corrected chi connectivity index (χ0v) is 13.4. The lowest BCUT2D eigenvalue weighted by Gasteiger charge is -2.35. The van der Waals surface area contributed by atoms with Crippen molar-refractivity contribution in [3.63, 3.8) is 0 Å². The molecule has 2 fully saturated rings. The number of hydrogen-bond donors (Lipinski definition) is 1. The average Bonchev–Trinajstić information content (AvgIpc) is 3.10. The van der Waals surface area contributed by atoms with Crippen molar-refractivity contribution in [1.29, 1.82) is 0 Å². The number of piperazine rings is 1. The molecule has 4 rings (SSSR count). The van der Waals surface area contributed by atoms with Crippen molar-refractivity contribution in [2.24, 2.45) is 0 Å². The van der Waals surface area contributed by atoms with Crippen LogP contribution in [0.4, 0.5) is 4.79 Å². The average molecular weight is 326 g/mol. The first-order valence-corrected chi connectivity index (χ1v) is 7.97. The van der Waals surface area contributed by atoms with Crippen molar-refractivity contribution < 1.29 is 14.4 Å². The third-order valence-corrected chi connectivity index (χ3v) is 4.90. The molecule has 3 heterocycles. The van der Waals surface area contributed by atoms with Crippen molar-refractivity contribution in [2.75, 3.05) is 26.7 Å². The molecule has 2 aliphatic heterocycles. The molecular weight excluding hydrogens is 308 g/mol. The summed E-state index contributed by atoms with van der Waals surface area (Å²) in [6, 6.07) is 7.04. The molecule has 0 aliphatic carbocycles. The molecule has 4 amide bonds. The molecule has 24 heavy (non-hydrogen) atoms. The first-order chi connectivity index (χ1) is 11.6. The number of urea groups is 1. The largest absolute Gasteiger partial charge is 0.361 e. The summed E-state index contributed by atoms with van der Waals surface area (Å²) in [5.74, 6) is -0.251. The van der Waals surface area contributed by atoms with Crippen LogP contribution in [0.2, 0.25) is 0 Å². The highest BCUT2D eigenvalue weighted by Crippen LogP contribution is 2.23. The molecule has 2 aliphatic rings. The highest BCUT2D eigenvalue weighted by Gasteiger charge is 2.46. The van der Waals surface area contributed by atoms with Gasteiger partial charge in [0.25, 0.3) is 5.91 Å². The number of imide groups is 1. The van der Waals surface area contributed by atoms with E-state index in [0.717, 1.165) is 21.4 Å². The number of amides is 4. The zero-order chi connectivity index (χ0) is 16.8. The molecule has 2 aromatic rings. The van der Waals surface area contributed by atoms with Gasteiger partial charge in [0.15, 0.2) is 0 Å². The number of carbonyl (C=O) groups excluding carboxylic acids is 3. The van der Waals surface area contributed by atoms with E-state index in [1.165, 1.54) is 7.05 Å². The maximum absolute atomic E-state index is 12.7. The van der Waals surface area contributed by atoms with Crippen LogP contribution >= 0.6 is 0 Å². The standard InChI is InChI=1S/C17H18N4O3/c1-19-16(23)14-10-20(6-7-21(14)17(19)24)15(22)8-11-9-18-13-5-3-2-4-12(11)13/h2-5,9,14,18H,6-8,10H2,1H3. The van der Waals surface area contributed by atoms with E-state index in [1.807, 2.05) is 30.5 Å². The lowest BCUT2D eigenvalue weighted by atomic mass is 10.1. The van der Waals surface area contributed by atoms with Gasteiger partial charge < -0.3 is 14.8 Å². The van der Waals surface area contributed by atoms with Crippen LogP contribution in [-0.2, 0) is 16.0 Å². The molecule has 0 radical (unpaired) electrons. The molecular formula is C17H18N4O3. The Morgan fingerprint density at radius 3 is 2.88 bits per heavy atom. The zero-order valence-electron chi connectivity index (χ0n) is 13.4. The van der Waals surface area contributed by atoms with Crippen molar-refractivity contribution in [3.8, 4) is 0 Å². The first kappa shape index (κ1) is 14.7. The van der Waals surface area contributed by atoms with Crippen molar-refractivity contribution in [3.05, 3.63) is 36.0 Å². The predicted molar refractivity (Wildman–Crippen MR) is 87.2 cm³/mol. The van der Waals surface area contributed by atoms with E-state index in [-0.39, 0.29) is 30.8 Å². The number of H-pyrrole nitrogens is 1. The summed E-state index contributed by atoms with van der Waals surface area (Å²) in [4.78, 5) is 44.3. The normalized spacial score (nSPS) is 20.9. The molecule has 7 heteroatoms. The van der Waals surface area contributed by atoms with Gasteiger partial charge in [-0.1, -0.05) is 18.2 Å². The highest BCUT2D eigenvalue weighted by atomic mass is 16.2. The van der Waals surface area contributed by atoms with Crippen LogP contribution in [0, 0.1) is 0 Å². The third-order valence-electron chi connectivity index (χ3n) is 4.90. The summed E-state index contributed by atoms with van der Waals surface area (Å²) in [6.45, 7) is 1.14. The molecule has 7 nitrogen and oxygen atoms in total. The second kappa shape index (κ2) is 5.36. The lowest BCUT2D eigenvalue weighted by Crippen LogP contribution is -2.55. The van der Waals surface area contributed by atoms with E-state index in [9.17, 15) is 14.4 Å². The van der Waals surface area contributed by atoms with E-state index in [2.05, 4.69) is 4.98 Å². The van der Waals surface area contributed by atoms with Gasteiger partial charge in [-0.15, -0.1) is 0 Å². The number of nitrogens with one attached hydrogen (secondary N) is 1. The van der Waals surface area contributed by atoms with Crippen LogP contribution in [0.1, 0.15) is 5.56 Å². The van der Waals surface area contributed by atoms with E-state index in [1.54, 1.807) is 9.80 Å². The minimum Gasteiger partial charge on any atom is -0.361 e. The van der Waals surface area contributed by atoms with Gasteiger partial charge in [0, 0.05) is 37.2 Å². The Kier molecular flexibility index (Phi) is 3.30. The van der Waals surface area contributed by atoms with E-state index in [4.69, 9.17) is 0 Å². The maximum atomic E-state index is 12.7. The summed E-state index contributed by atoms with van der Waals surface area (Å²) in [5, 5.41) is 1.04. The summed E-state index contributed by atoms with van der Waals surface area (Å²) in [7, 11) is 1.49. The molecule has 1 aromatic carbocycles. The summed E-state index contributed by atoms with van der Waals surface area (Å²) < 4.78 is 0. The minimum absolute atomic E-state index is 0.0193. The van der Waals surface area contributed by atoms with Gasteiger partial charge in [-0.05, 0) is 11.6 Å². The highest BCUT2D eigenvalue weighted by molar-refractivity contribution is 6.04. The van der Waals surface area contributed by atoms with Gasteiger partial charge >= 0.3 is 6.03 Å².